The van der Waals surface area contributed by atoms with Gasteiger partial charge in [-0.15, -0.1) is 0 Å². The van der Waals surface area contributed by atoms with E-state index < -0.39 is 10.0 Å². The van der Waals surface area contributed by atoms with Crippen LogP contribution in [0.3, 0.4) is 0 Å². The molecule has 0 aliphatic heterocycles. The average molecular weight is 384 g/mol. The number of hydrogen-bond acceptors (Lipinski definition) is 5. The number of aryl methyl sites for hydroxylation is 2. The van der Waals surface area contributed by atoms with Gasteiger partial charge in [0.15, 0.2) is 0 Å². The van der Waals surface area contributed by atoms with Gasteiger partial charge in [-0.25, -0.2) is 23.5 Å². The highest BCUT2D eigenvalue weighted by Gasteiger charge is 2.19. The summed E-state index contributed by atoms with van der Waals surface area (Å²) in [4.78, 5) is 23.2. The highest BCUT2D eigenvalue weighted by molar-refractivity contribution is 7.89. The van der Waals surface area contributed by atoms with Gasteiger partial charge in [0.05, 0.1) is 17.0 Å². The van der Waals surface area contributed by atoms with Crippen molar-refractivity contribution in [2.45, 2.75) is 25.3 Å². The first-order chi connectivity index (χ1) is 12.7. The van der Waals surface area contributed by atoms with Crippen LogP contribution in [0.4, 0.5) is 0 Å². The van der Waals surface area contributed by atoms with E-state index in [2.05, 4.69) is 9.97 Å². The summed E-state index contributed by atoms with van der Waals surface area (Å²) in [5, 5.41) is 6.14. The molecule has 2 N–H and O–H groups in total. The maximum absolute atomic E-state index is 12.8. The number of aromatic nitrogens is 2. The Morgan fingerprint density at radius 3 is 2.52 bits per heavy atom. The minimum absolute atomic E-state index is 0.0948. The van der Waals surface area contributed by atoms with Gasteiger partial charge in [0, 0.05) is 23.7 Å². The summed E-state index contributed by atoms with van der Waals surface area (Å²) in [6, 6.07) is 11.9. The van der Waals surface area contributed by atoms with Crippen LogP contribution in [-0.2, 0) is 16.6 Å². The lowest BCUT2D eigenvalue weighted by molar-refractivity contribution is 0.0780. The van der Waals surface area contributed by atoms with Crippen molar-refractivity contribution in [3.8, 4) is 0 Å². The minimum Gasteiger partial charge on any atom is -0.334 e. The molecule has 0 aliphatic carbocycles. The number of sulfonamides is 1. The summed E-state index contributed by atoms with van der Waals surface area (Å²) >= 11 is 0. The molecule has 0 aliphatic rings. The number of primary sulfonamides is 1. The van der Waals surface area contributed by atoms with Crippen molar-refractivity contribution in [2.75, 3.05) is 7.05 Å². The van der Waals surface area contributed by atoms with Crippen LogP contribution in [0.1, 0.15) is 27.4 Å². The Morgan fingerprint density at radius 2 is 1.81 bits per heavy atom. The van der Waals surface area contributed by atoms with E-state index in [1.54, 1.807) is 20.0 Å². The molecule has 0 unspecified atom stereocenters. The molecule has 3 rings (SSSR count). The molecule has 7 nitrogen and oxygen atoms in total. The van der Waals surface area contributed by atoms with E-state index in [9.17, 15) is 13.2 Å². The molecule has 0 atom stereocenters. The summed E-state index contributed by atoms with van der Waals surface area (Å²) in [6.07, 6.45) is 0. The Morgan fingerprint density at radius 1 is 1.11 bits per heavy atom. The Labute approximate surface area is 157 Å². The fraction of sp³-hybridized carbons (Fsp3) is 0.211. The van der Waals surface area contributed by atoms with Gasteiger partial charge in [0.1, 0.15) is 5.82 Å². The van der Waals surface area contributed by atoms with E-state index in [1.807, 2.05) is 31.2 Å². The molecule has 0 fully saturated rings. The number of fused-ring (bicyclic) bond motifs is 1. The maximum Gasteiger partial charge on any atom is 0.254 e. The van der Waals surface area contributed by atoms with Crippen LogP contribution in [0.15, 0.2) is 47.4 Å². The zero-order chi connectivity index (χ0) is 19.8. The summed E-state index contributed by atoms with van der Waals surface area (Å²) in [5.74, 6) is 0.190. The van der Waals surface area contributed by atoms with Gasteiger partial charge >= 0.3 is 0 Å². The molecule has 2 aromatic carbocycles. The zero-order valence-corrected chi connectivity index (χ0v) is 16.1. The number of carbonyl (C=O) groups is 1. The highest BCUT2D eigenvalue weighted by Crippen LogP contribution is 2.18. The number of hydrogen-bond donors (Lipinski definition) is 1. The summed E-state index contributed by atoms with van der Waals surface area (Å²) < 4.78 is 23.1. The van der Waals surface area contributed by atoms with Crippen molar-refractivity contribution < 1.29 is 13.2 Å². The quantitative estimate of drug-likeness (QED) is 0.742. The molecule has 140 valence electrons. The van der Waals surface area contributed by atoms with Crippen molar-refractivity contribution in [2.24, 2.45) is 5.14 Å². The molecule has 3 aromatic rings. The van der Waals surface area contributed by atoms with E-state index in [0.717, 1.165) is 16.6 Å². The van der Waals surface area contributed by atoms with E-state index in [-0.39, 0.29) is 22.9 Å². The van der Waals surface area contributed by atoms with Crippen LogP contribution >= 0.6 is 0 Å². The third kappa shape index (κ3) is 3.96. The Hall–Kier alpha value is -2.84. The largest absolute Gasteiger partial charge is 0.334 e. The minimum atomic E-state index is -3.89. The number of carbonyl (C=O) groups excluding carboxylic acids is 1. The maximum atomic E-state index is 12.8. The smallest absolute Gasteiger partial charge is 0.254 e. The summed E-state index contributed by atoms with van der Waals surface area (Å²) in [6.45, 7) is 3.84. The van der Waals surface area contributed by atoms with Crippen LogP contribution in [0.2, 0.25) is 0 Å². The molecule has 0 saturated heterocycles. The first-order valence-electron chi connectivity index (χ1n) is 8.28. The predicted octanol–water partition coefficient (Wildman–Crippen LogP) is 2.17. The fourth-order valence-corrected chi connectivity index (χ4v) is 3.40. The first-order valence-corrected chi connectivity index (χ1v) is 9.82. The zero-order valence-electron chi connectivity index (χ0n) is 15.3. The lowest BCUT2D eigenvalue weighted by atomic mass is 10.1. The Balaban J connectivity index is 1.91. The van der Waals surface area contributed by atoms with Gasteiger partial charge in [0.25, 0.3) is 5.91 Å². The second-order valence-corrected chi connectivity index (χ2v) is 7.99. The van der Waals surface area contributed by atoms with Crippen LogP contribution < -0.4 is 5.14 Å². The first kappa shape index (κ1) is 18.9. The van der Waals surface area contributed by atoms with Crippen molar-refractivity contribution in [1.29, 1.82) is 0 Å². The number of nitrogens with zero attached hydrogens (tertiary/aromatic N) is 3. The topological polar surface area (TPSA) is 106 Å². The molecule has 27 heavy (non-hydrogen) atoms. The van der Waals surface area contributed by atoms with Crippen molar-refractivity contribution in [3.63, 3.8) is 0 Å². The van der Waals surface area contributed by atoms with E-state index in [4.69, 9.17) is 5.14 Å². The van der Waals surface area contributed by atoms with Crippen molar-refractivity contribution in [1.82, 2.24) is 14.9 Å². The second-order valence-electron chi connectivity index (χ2n) is 6.43. The number of amides is 1. The van der Waals surface area contributed by atoms with Crippen LogP contribution in [0.25, 0.3) is 10.9 Å². The van der Waals surface area contributed by atoms with Crippen molar-refractivity contribution in [3.05, 3.63) is 65.1 Å². The van der Waals surface area contributed by atoms with Gasteiger partial charge < -0.3 is 4.90 Å². The van der Waals surface area contributed by atoms with E-state index >= 15 is 0 Å². The predicted molar refractivity (Wildman–Crippen MR) is 103 cm³/mol. The van der Waals surface area contributed by atoms with Crippen LogP contribution in [-0.4, -0.2) is 36.2 Å². The third-order valence-electron chi connectivity index (χ3n) is 4.33. The number of benzene rings is 2. The molecule has 0 saturated carbocycles. The lowest BCUT2D eigenvalue weighted by Gasteiger charge is -2.18. The average Bonchev–Trinajstić information content (AvgIpc) is 2.60. The normalized spacial score (nSPS) is 11.6. The molecule has 1 amide bonds. The molecule has 0 bridgehead atoms. The third-order valence-corrected chi connectivity index (χ3v) is 5.24. The SMILES string of the molecule is Cc1ccc(S(N)(=O)=O)cc1C(=O)N(C)Cc1nc(C)c2ccccc2n1. The van der Waals surface area contributed by atoms with Crippen LogP contribution in [0, 0.1) is 13.8 Å². The highest BCUT2D eigenvalue weighted by atomic mass is 32.2. The lowest BCUT2D eigenvalue weighted by Crippen LogP contribution is -2.28. The fourth-order valence-electron chi connectivity index (χ4n) is 2.86. The standard InChI is InChI=1S/C19H20N4O3S/c1-12-8-9-14(27(20,25)26)10-16(12)19(24)23(3)11-18-21-13(2)15-6-4-5-7-17(15)22-18/h4-10H,11H2,1-3H3,(H2,20,25,26). The molecule has 0 radical (unpaired) electrons. The number of para-hydroxylation sites is 1. The Kier molecular flexibility index (Phi) is 4.95. The summed E-state index contributed by atoms with van der Waals surface area (Å²) in [7, 11) is -2.26. The van der Waals surface area contributed by atoms with Gasteiger partial charge in [-0.2, -0.15) is 0 Å². The molecular weight excluding hydrogens is 364 g/mol. The second kappa shape index (κ2) is 7.05. The molecule has 8 heteroatoms. The molecule has 0 spiro atoms. The van der Waals surface area contributed by atoms with Crippen molar-refractivity contribution >= 4 is 26.8 Å². The number of rotatable bonds is 4. The monoisotopic (exact) mass is 384 g/mol. The number of nitrogens with two attached hydrogens (primary N) is 1. The molecule has 1 aromatic heterocycles. The van der Waals surface area contributed by atoms with Gasteiger partial charge in [-0.3, -0.25) is 4.79 Å². The molecular formula is C19H20N4O3S. The van der Waals surface area contributed by atoms with E-state index in [0.29, 0.717) is 11.4 Å². The Bertz CT molecular complexity index is 1140. The molecule has 1 heterocycles. The van der Waals surface area contributed by atoms with Gasteiger partial charge in [0.2, 0.25) is 10.0 Å². The van der Waals surface area contributed by atoms with Gasteiger partial charge in [-0.1, -0.05) is 24.3 Å². The van der Waals surface area contributed by atoms with Gasteiger partial charge in [-0.05, 0) is 37.6 Å². The van der Waals surface area contributed by atoms with E-state index in [1.165, 1.54) is 17.0 Å². The van der Waals surface area contributed by atoms with Crippen LogP contribution in [0.5, 0.6) is 0 Å². The summed E-state index contributed by atoms with van der Waals surface area (Å²) in [5.41, 5.74) is 2.59.